The minimum absolute atomic E-state index is 0.150. The number of carbonyl (C=O) groups excluding carboxylic acids is 1. The van der Waals surface area contributed by atoms with E-state index in [1.54, 1.807) is 0 Å². The molecule has 2 aromatic rings. The SMILES string of the molecule is Cc1nnc2sc(C(=O)NCCOC(C)C)c(N)c2c1C. The molecule has 0 spiro atoms. The predicted molar refractivity (Wildman–Crippen MR) is 84.7 cm³/mol. The average Bonchev–Trinajstić information content (AvgIpc) is 2.76. The Labute approximate surface area is 127 Å². The fourth-order valence-electron chi connectivity index (χ4n) is 1.95. The molecule has 0 saturated heterocycles. The number of nitrogen functional groups attached to an aromatic ring is 1. The van der Waals surface area contributed by atoms with Gasteiger partial charge in [-0.3, -0.25) is 4.79 Å². The molecule has 114 valence electrons. The van der Waals surface area contributed by atoms with Gasteiger partial charge in [0.2, 0.25) is 0 Å². The van der Waals surface area contributed by atoms with Crippen molar-refractivity contribution in [2.24, 2.45) is 0 Å². The van der Waals surface area contributed by atoms with E-state index in [1.807, 2.05) is 27.7 Å². The highest BCUT2D eigenvalue weighted by Crippen LogP contribution is 2.34. The number of anilines is 1. The zero-order valence-corrected chi connectivity index (χ0v) is 13.5. The van der Waals surface area contributed by atoms with Crippen LogP contribution in [0.25, 0.3) is 10.2 Å². The molecule has 2 rings (SSSR count). The van der Waals surface area contributed by atoms with Crippen LogP contribution in [0.1, 0.15) is 34.8 Å². The molecule has 0 aliphatic carbocycles. The van der Waals surface area contributed by atoms with E-state index >= 15 is 0 Å². The summed E-state index contributed by atoms with van der Waals surface area (Å²) in [7, 11) is 0. The molecule has 6 nitrogen and oxygen atoms in total. The molecule has 0 aliphatic rings. The van der Waals surface area contributed by atoms with E-state index in [9.17, 15) is 4.79 Å². The molecule has 0 saturated carbocycles. The Morgan fingerprint density at radius 1 is 1.38 bits per heavy atom. The highest BCUT2D eigenvalue weighted by Gasteiger charge is 2.19. The summed E-state index contributed by atoms with van der Waals surface area (Å²) in [4.78, 5) is 13.4. The van der Waals surface area contributed by atoms with E-state index in [-0.39, 0.29) is 12.0 Å². The Balaban J connectivity index is 2.17. The maximum atomic E-state index is 12.2. The van der Waals surface area contributed by atoms with Crippen molar-refractivity contribution in [3.05, 3.63) is 16.1 Å². The Morgan fingerprint density at radius 2 is 2.10 bits per heavy atom. The molecular formula is C14H20N4O2S. The van der Waals surface area contributed by atoms with Gasteiger partial charge in [-0.25, -0.2) is 0 Å². The molecule has 0 unspecified atom stereocenters. The molecule has 0 radical (unpaired) electrons. The summed E-state index contributed by atoms with van der Waals surface area (Å²) in [5.41, 5.74) is 8.38. The van der Waals surface area contributed by atoms with Crippen molar-refractivity contribution in [2.45, 2.75) is 33.8 Å². The second-order valence-corrected chi connectivity index (χ2v) is 6.11. The van der Waals surface area contributed by atoms with E-state index in [4.69, 9.17) is 10.5 Å². The van der Waals surface area contributed by atoms with Crippen LogP contribution in [0.4, 0.5) is 5.69 Å². The van der Waals surface area contributed by atoms with E-state index in [0.29, 0.717) is 28.5 Å². The van der Waals surface area contributed by atoms with E-state index in [0.717, 1.165) is 16.6 Å². The first-order valence-corrected chi connectivity index (χ1v) is 7.65. The van der Waals surface area contributed by atoms with E-state index in [2.05, 4.69) is 15.5 Å². The lowest BCUT2D eigenvalue weighted by atomic mass is 10.1. The van der Waals surface area contributed by atoms with Crippen molar-refractivity contribution < 1.29 is 9.53 Å². The highest BCUT2D eigenvalue weighted by atomic mass is 32.1. The van der Waals surface area contributed by atoms with Crippen LogP contribution in [0, 0.1) is 13.8 Å². The fraction of sp³-hybridized carbons (Fsp3) is 0.500. The third-order valence-electron chi connectivity index (χ3n) is 3.18. The molecule has 0 atom stereocenters. The third kappa shape index (κ3) is 3.30. The van der Waals surface area contributed by atoms with Crippen LogP contribution in [-0.2, 0) is 4.74 Å². The summed E-state index contributed by atoms with van der Waals surface area (Å²) >= 11 is 1.27. The monoisotopic (exact) mass is 308 g/mol. The summed E-state index contributed by atoms with van der Waals surface area (Å²) in [5.74, 6) is -0.195. The van der Waals surface area contributed by atoms with Crippen molar-refractivity contribution in [1.82, 2.24) is 15.5 Å². The largest absolute Gasteiger partial charge is 0.397 e. The molecule has 1 amide bonds. The summed E-state index contributed by atoms with van der Waals surface area (Å²) in [6, 6.07) is 0. The molecule has 0 aliphatic heterocycles. The quantitative estimate of drug-likeness (QED) is 0.825. The van der Waals surface area contributed by atoms with Gasteiger partial charge in [0.25, 0.3) is 5.91 Å². The lowest BCUT2D eigenvalue weighted by molar-refractivity contribution is 0.0748. The Bertz CT molecular complexity index is 667. The van der Waals surface area contributed by atoms with Gasteiger partial charge in [-0.1, -0.05) is 0 Å². The summed E-state index contributed by atoms with van der Waals surface area (Å²) in [6.07, 6.45) is 0.150. The molecule has 3 N–H and O–H groups in total. The normalized spacial score (nSPS) is 11.3. The summed E-state index contributed by atoms with van der Waals surface area (Å²) in [6.45, 7) is 8.65. The van der Waals surface area contributed by atoms with Gasteiger partial charge in [0.15, 0.2) is 0 Å². The number of thiophene rings is 1. The number of rotatable bonds is 5. The van der Waals surface area contributed by atoms with Gasteiger partial charge >= 0.3 is 0 Å². The first-order chi connectivity index (χ1) is 9.91. The molecule has 2 heterocycles. The number of aryl methyl sites for hydroxylation is 2. The Morgan fingerprint density at radius 3 is 2.76 bits per heavy atom. The second-order valence-electron chi connectivity index (χ2n) is 5.11. The molecular weight excluding hydrogens is 288 g/mol. The molecule has 2 aromatic heterocycles. The van der Waals surface area contributed by atoms with Crippen LogP contribution in [0.2, 0.25) is 0 Å². The van der Waals surface area contributed by atoms with Gasteiger partial charge in [0.1, 0.15) is 9.71 Å². The van der Waals surface area contributed by atoms with Gasteiger partial charge < -0.3 is 15.8 Å². The van der Waals surface area contributed by atoms with E-state index in [1.165, 1.54) is 11.3 Å². The van der Waals surface area contributed by atoms with Gasteiger partial charge in [-0.15, -0.1) is 16.4 Å². The first kappa shape index (κ1) is 15.7. The number of hydrogen-bond donors (Lipinski definition) is 2. The van der Waals surface area contributed by atoms with Crippen molar-refractivity contribution in [1.29, 1.82) is 0 Å². The smallest absolute Gasteiger partial charge is 0.263 e. The minimum atomic E-state index is -0.195. The van der Waals surface area contributed by atoms with Crippen LogP contribution >= 0.6 is 11.3 Å². The third-order valence-corrected chi connectivity index (χ3v) is 4.27. The maximum absolute atomic E-state index is 12.2. The predicted octanol–water partition coefficient (Wildman–Crippen LogP) is 2.05. The van der Waals surface area contributed by atoms with Crippen molar-refractivity contribution >= 4 is 33.1 Å². The minimum Gasteiger partial charge on any atom is -0.397 e. The summed E-state index contributed by atoms with van der Waals surface area (Å²) < 4.78 is 5.39. The maximum Gasteiger partial charge on any atom is 0.263 e. The molecule has 0 fully saturated rings. The number of nitrogens with two attached hydrogens (primary N) is 1. The number of nitrogens with zero attached hydrogens (tertiary/aromatic N) is 2. The summed E-state index contributed by atoms with van der Waals surface area (Å²) in [5, 5.41) is 11.8. The van der Waals surface area contributed by atoms with Gasteiger partial charge in [0, 0.05) is 11.9 Å². The number of carbonyl (C=O) groups is 1. The van der Waals surface area contributed by atoms with Gasteiger partial charge in [0.05, 0.1) is 24.1 Å². The molecule has 21 heavy (non-hydrogen) atoms. The zero-order chi connectivity index (χ0) is 15.6. The lowest BCUT2D eigenvalue weighted by Crippen LogP contribution is -2.27. The second kappa shape index (κ2) is 6.36. The van der Waals surface area contributed by atoms with Crippen LogP contribution in [0.3, 0.4) is 0 Å². The number of aromatic nitrogens is 2. The van der Waals surface area contributed by atoms with Crippen molar-refractivity contribution in [3.63, 3.8) is 0 Å². The lowest BCUT2D eigenvalue weighted by Gasteiger charge is -2.08. The Kier molecular flexibility index (Phi) is 4.74. The fourth-order valence-corrected chi connectivity index (χ4v) is 2.97. The molecule has 7 heteroatoms. The first-order valence-electron chi connectivity index (χ1n) is 6.83. The topological polar surface area (TPSA) is 90.1 Å². The van der Waals surface area contributed by atoms with Gasteiger partial charge in [-0.05, 0) is 33.3 Å². The van der Waals surface area contributed by atoms with Crippen LogP contribution < -0.4 is 11.1 Å². The Hall–Kier alpha value is -1.73. The number of nitrogens with one attached hydrogen (secondary N) is 1. The van der Waals surface area contributed by atoms with Crippen molar-refractivity contribution in [2.75, 3.05) is 18.9 Å². The number of hydrogen-bond acceptors (Lipinski definition) is 6. The molecule has 0 aromatic carbocycles. The number of ether oxygens (including phenoxy) is 1. The van der Waals surface area contributed by atoms with Gasteiger partial charge in [-0.2, -0.15) is 5.10 Å². The number of fused-ring (bicyclic) bond motifs is 1. The van der Waals surface area contributed by atoms with Crippen LogP contribution in [0.5, 0.6) is 0 Å². The number of amides is 1. The van der Waals surface area contributed by atoms with Crippen molar-refractivity contribution in [3.8, 4) is 0 Å². The molecule has 0 bridgehead atoms. The van der Waals surface area contributed by atoms with E-state index < -0.39 is 0 Å². The van der Waals surface area contributed by atoms with Crippen LogP contribution in [-0.4, -0.2) is 35.4 Å². The average molecular weight is 308 g/mol. The highest BCUT2D eigenvalue weighted by molar-refractivity contribution is 7.21. The zero-order valence-electron chi connectivity index (χ0n) is 12.7. The standard InChI is InChI=1S/C14H20N4O2S/c1-7(2)20-6-5-16-13(19)12-11(15)10-8(3)9(4)17-18-14(10)21-12/h7H,5-6,15H2,1-4H3,(H,16,19). The van der Waals surface area contributed by atoms with Crippen LogP contribution in [0.15, 0.2) is 0 Å².